The Hall–Kier alpha value is -8.60. The number of hydrogen-bond donors (Lipinski definition) is 1. The Kier molecular flexibility index (Phi) is 15.4. The van der Waals surface area contributed by atoms with Crippen LogP contribution in [0.5, 0.6) is 0 Å². The molecule has 6 aromatic carbocycles. The molecule has 23 heteroatoms. The number of alkyl halides is 6. The molecular formula is C52H31F8N8NaO6. The topological polar surface area (TPSA) is 191 Å². The second-order valence-electron chi connectivity index (χ2n) is 16.1. The average molecular weight is 1040 g/mol. The molecule has 14 nitrogen and oxygen atoms in total. The number of hydrogen-bond acceptors (Lipinski definition) is 11. The van der Waals surface area contributed by atoms with Gasteiger partial charge in [0.1, 0.15) is 17.3 Å². The van der Waals surface area contributed by atoms with E-state index >= 15 is 0 Å². The van der Waals surface area contributed by atoms with E-state index in [4.69, 9.17) is 14.2 Å². The molecule has 0 unspecified atom stereocenters. The van der Waals surface area contributed by atoms with Crippen molar-refractivity contribution in [3.8, 4) is 67.9 Å². The first-order chi connectivity index (χ1) is 35.4. The van der Waals surface area contributed by atoms with Crippen LogP contribution in [0.25, 0.3) is 67.9 Å². The molecule has 0 aliphatic carbocycles. The number of carboxylic acid groups (broad SMARTS) is 2. The summed E-state index contributed by atoms with van der Waals surface area (Å²) in [6, 6.07) is 33.8. The predicted molar refractivity (Wildman–Crippen MR) is 245 cm³/mol. The van der Waals surface area contributed by atoms with Crippen molar-refractivity contribution in [3.63, 3.8) is 0 Å². The van der Waals surface area contributed by atoms with Crippen molar-refractivity contribution in [2.45, 2.75) is 25.4 Å². The number of halogens is 8. The fourth-order valence-corrected chi connectivity index (χ4v) is 7.58. The smallest absolute Gasteiger partial charge is 0.543 e. The van der Waals surface area contributed by atoms with Crippen LogP contribution >= 0.6 is 0 Å². The van der Waals surface area contributed by atoms with Gasteiger partial charge in [-0.15, -0.1) is 0 Å². The van der Waals surface area contributed by atoms with Gasteiger partial charge in [-0.3, -0.25) is 9.36 Å². The number of aromatic carboxylic acids is 2. The molecule has 0 fully saturated rings. The maximum absolute atomic E-state index is 14.2. The number of benzene rings is 6. The third-order valence-electron chi connectivity index (χ3n) is 11.1. The minimum Gasteiger partial charge on any atom is -0.543 e. The number of rotatable bonds is 12. The zero-order valence-electron chi connectivity index (χ0n) is 38.5. The first kappa shape index (κ1) is 52.7. The summed E-state index contributed by atoms with van der Waals surface area (Å²) in [6.45, 7) is 0.638. The van der Waals surface area contributed by atoms with Crippen LogP contribution in [0.15, 0.2) is 167 Å². The summed E-state index contributed by atoms with van der Waals surface area (Å²) in [6.07, 6.45) is -6.43. The SMILES string of the molecule is O=C(O)c1ccn(Cc2ccc(-c3noc(-c4ccc(-c5ccccc5F)c(C(F)(F)F)c4)n3)cc2)n1.O=C([O-])c1ccn(Cc2ccc(-c3noc(-c4ccc(-c5ccccc5F)c(C(F)(F)F)c4)n3)cc2)n1.[Na+]. The van der Waals surface area contributed by atoms with Gasteiger partial charge in [-0.2, -0.15) is 46.5 Å². The van der Waals surface area contributed by atoms with Crippen LogP contribution in [-0.4, -0.2) is 56.9 Å². The summed E-state index contributed by atoms with van der Waals surface area (Å²) >= 11 is 0. The van der Waals surface area contributed by atoms with Gasteiger partial charge >= 0.3 is 47.9 Å². The summed E-state index contributed by atoms with van der Waals surface area (Å²) in [5, 5.41) is 35.4. The molecule has 0 bridgehead atoms. The minimum atomic E-state index is -4.75. The predicted octanol–water partition coefficient (Wildman–Crippen LogP) is 8.01. The van der Waals surface area contributed by atoms with E-state index in [9.17, 15) is 49.8 Å². The van der Waals surface area contributed by atoms with Crippen molar-refractivity contribution in [2.24, 2.45) is 0 Å². The molecular weight excluding hydrogens is 1010 g/mol. The fraction of sp³-hybridized carbons (Fsp3) is 0.0769. The Morgan fingerprint density at radius 1 is 0.520 bits per heavy atom. The van der Waals surface area contributed by atoms with Crippen LogP contribution in [0.4, 0.5) is 35.1 Å². The number of aromatic nitrogens is 8. The van der Waals surface area contributed by atoms with E-state index in [1.54, 1.807) is 54.7 Å². The number of carbonyl (C=O) groups is 2. The molecule has 0 aliphatic heterocycles. The van der Waals surface area contributed by atoms with Gasteiger partial charge in [0.2, 0.25) is 11.6 Å². The maximum Gasteiger partial charge on any atom is 1.00 e. The van der Waals surface area contributed by atoms with Crippen LogP contribution < -0.4 is 34.7 Å². The van der Waals surface area contributed by atoms with Crippen LogP contribution in [0.2, 0.25) is 0 Å². The van der Waals surface area contributed by atoms with Crippen LogP contribution in [0, 0.1) is 11.6 Å². The molecule has 0 saturated carbocycles. The molecule has 0 radical (unpaired) electrons. The largest absolute Gasteiger partial charge is 1.00 e. The van der Waals surface area contributed by atoms with Gasteiger partial charge in [0.15, 0.2) is 5.69 Å². The van der Waals surface area contributed by atoms with E-state index in [2.05, 4.69) is 30.5 Å². The summed E-state index contributed by atoms with van der Waals surface area (Å²) in [5.41, 5.74) is -0.405. The average Bonchev–Trinajstić information content (AvgIpc) is 4.24. The van der Waals surface area contributed by atoms with Crippen molar-refractivity contribution in [2.75, 3.05) is 0 Å². The second kappa shape index (κ2) is 21.9. The summed E-state index contributed by atoms with van der Waals surface area (Å²) in [4.78, 5) is 30.3. The van der Waals surface area contributed by atoms with Gasteiger partial charge in [0, 0.05) is 45.8 Å². The van der Waals surface area contributed by atoms with Crippen molar-refractivity contribution in [3.05, 3.63) is 203 Å². The van der Waals surface area contributed by atoms with Crippen molar-refractivity contribution >= 4 is 11.9 Å². The Morgan fingerprint density at radius 2 is 0.907 bits per heavy atom. The molecule has 1 N–H and O–H groups in total. The first-order valence-electron chi connectivity index (χ1n) is 21.7. The van der Waals surface area contributed by atoms with Gasteiger partial charge in [0.25, 0.3) is 11.8 Å². The number of carbonyl (C=O) groups excluding carboxylic acids is 1. The zero-order chi connectivity index (χ0) is 52.3. The molecule has 0 spiro atoms. The van der Waals surface area contributed by atoms with Crippen molar-refractivity contribution < 1.29 is 93.5 Å². The Bertz CT molecular complexity index is 3430. The molecule has 75 heavy (non-hydrogen) atoms. The summed E-state index contributed by atoms with van der Waals surface area (Å²) in [7, 11) is 0. The molecule has 0 amide bonds. The summed E-state index contributed by atoms with van der Waals surface area (Å²) in [5.74, 6) is -3.95. The number of carboxylic acids is 2. The van der Waals surface area contributed by atoms with Crippen molar-refractivity contribution in [1.82, 2.24) is 39.8 Å². The molecule has 0 atom stereocenters. The zero-order valence-corrected chi connectivity index (χ0v) is 40.5. The molecule has 0 saturated heterocycles. The standard InChI is InChI=1S/2C26H16F4N4O3.Na/c2*27-21-4-2-1-3-19(21)18-10-9-17(13-20(18)26(28,29)30)24-31-23(33-37-24)16-7-5-15(6-8-16)14-34-12-11-22(32-34)25(35)36;/h2*1-13H,14H2,(H,35,36);/q;;+1/p-1. The molecule has 4 heterocycles. The molecule has 0 aliphatic rings. The molecule has 372 valence electrons. The second-order valence-corrected chi connectivity index (χ2v) is 16.1. The Morgan fingerprint density at radius 3 is 1.27 bits per heavy atom. The normalized spacial score (nSPS) is 11.4. The molecule has 10 aromatic rings. The van der Waals surface area contributed by atoms with E-state index in [0.717, 1.165) is 35.4 Å². The minimum absolute atomic E-state index is 0. The van der Waals surface area contributed by atoms with E-state index < -0.39 is 47.1 Å². The van der Waals surface area contributed by atoms with Crippen LogP contribution in [0.1, 0.15) is 43.2 Å². The van der Waals surface area contributed by atoms with E-state index in [1.165, 1.54) is 88.4 Å². The van der Waals surface area contributed by atoms with Gasteiger partial charge in [0.05, 0.1) is 30.2 Å². The van der Waals surface area contributed by atoms with E-state index in [1.807, 2.05) is 0 Å². The third-order valence-corrected chi connectivity index (χ3v) is 11.1. The Labute approximate surface area is 439 Å². The Balaban J connectivity index is 0.000000197. The van der Waals surface area contributed by atoms with Gasteiger partial charge in [-0.05, 0) is 70.8 Å². The van der Waals surface area contributed by atoms with Gasteiger partial charge in [-0.25, -0.2) is 13.6 Å². The first-order valence-corrected chi connectivity index (χ1v) is 21.7. The maximum atomic E-state index is 14.2. The van der Waals surface area contributed by atoms with E-state index in [0.29, 0.717) is 24.2 Å². The van der Waals surface area contributed by atoms with Crippen molar-refractivity contribution in [1.29, 1.82) is 0 Å². The van der Waals surface area contributed by atoms with Crippen LogP contribution in [0.3, 0.4) is 0 Å². The van der Waals surface area contributed by atoms with Gasteiger partial charge < -0.3 is 24.1 Å². The fourth-order valence-electron chi connectivity index (χ4n) is 7.58. The number of nitrogens with zero attached hydrogens (tertiary/aromatic N) is 8. The summed E-state index contributed by atoms with van der Waals surface area (Å²) < 4.78 is 125. The third kappa shape index (κ3) is 12.1. The quantitative estimate of drug-likeness (QED) is 0.0918. The monoisotopic (exact) mass is 1040 g/mol. The van der Waals surface area contributed by atoms with Gasteiger partial charge in [-0.1, -0.05) is 107 Å². The van der Waals surface area contributed by atoms with Crippen LogP contribution in [-0.2, 0) is 25.4 Å². The molecule has 4 aromatic heterocycles. The molecule has 10 rings (SSSR count). The van der Waals surface area contributed by atoms with E-state index in [-0.39, 0.29) is 97.8 Å².